The number of aryl methyl sites for hydroxylation is 2. The van der Waals surface area contributed by atoms with Gasteiger partial charge >= 0.3 is 5.97 Å². The van der Waals surface area contributed by atoms with Crippen LogP contribution in [0.15, 0.2) is 46.0 Å². The van der Waals surface area contributed by atoms with Crippen LogP contribution in [0.5, 0.6) is 5.75 Å². The van der Waals surface area contributed by atoms with Gasteiger partial charge in [-0.15, -0.1) is 11.8 Å². The van der Waals surface area contributed by atoms with Gasteiger partial charge in [-0.2, -0.15) is 0 Å². The molecule has 1 N–H and O–H groups in total. The van der Waals surface area contributed by atoms with E-state index < -0.39 is 11.6 Å². The first-order chi connectivity index (χ1) is 14.1. The first-order valence-electron chi connectivity index (χ1n) is 9.30. The lowest BCUT2D eigenvalue weighted by atomic mass is 10.0. The molecule has 2 aromatic heterocycles. The zero-order valence-corrected chi connectivity index (χ0v) is 18.3. The van der Waals surface area contributed by atoms with Crippen molar-refractivity contribution < 1.29 is 23.8 Å². The summed E-state index contributed by atoms with van der Waals surface area (Å²) in [4.78, 5) is 28.2. The fourth-order valence-electron chi connectivity index (χ4n) is 2.94. The molecule has 1 aromatic carbocycles. The Bertz CT molecular complexity index is 1140. The summed E-state index contributed by atoms with van der Waals surface area (Å²) >= 11 is 1.50. The number of aromatic nitrogens is 1. The Morgan fingerprint density at radius 1 is 1.17 bits per heavy atom. The Kier molecular flexibility index (Phi) is 6.03. The van der Waals surface area contributed by atoms with Crippen LogP contribution in [0, 0.1) is 13.8 Å². The van der Waals surface area contributed by atoms with E-state index in [4.69, 9.17) is 9.15 Å². The van der Waals surface area contributed by atoms with Crippen molar-refractivity contribution in [2.24, 2.45) is 0 Å². The molecule has 0 unspecified atom stereocenters. The van der Waals surface area contributed by atoms with Crippen molar-refractivity contribution in [1.82, 2.24) is 4.98 Å². The minimum absolute atomic E-state index is 0.248. The quantitative estimate of drug-likeness (QED) is 0.312. The zero-order valence-electron chi connectivity index (χ0n) is 17.5. The largest absolute Gasteiger partial charge is 0.478 e. The number of carboxylic acid groups (broad SMARTS) is 1. The molecule has 0 aliphatic carbocycles. The second-order valence-electron chi connectivity index (χ2n) is 7.47. The van der Waals surface area contributed by atoms with Crippen molar-refractivity contribution in [1.29, 1.82) is 0 Å². The molecule has 2 heterocycles. The Morgan fingerprint density at radius 2 is 1.83 bits per heavy atom. The lowest BCUT2D eigenvalue weighted by molar-refractivity contribution is -0.152. The highest BCUT2D eigenvalue weighted by Crippen LogP contribution is 2.29. The fraction of sp³-hybridized carbons (Fsp3) is 0.261. The fourth-order valence-corrected chi connectivity index (χ4v) is 3.33. The van der Waals surface area contributed by atoms with Crippen molar-refractivity contribution in [2.75, 3.05) is 6.26 Å². The number of fused-ring (bicyclic) bond motifs is 1. The van der Waals surface area contributed by atoms with Gasteiger partial charge in [-0.3, -0.25) is 4.79 Å². The van der Waals surface area contributed by atoms with Gasteiger partial charge in [0.1, 0.15) is 11.3 Å². The molecule has 3 rings (SSSR count). The van der Waals surface area contributed by atoms with E-state index in [1.165, 1.54) is 31.7 Å². The summed E-state index contributed by atoms with van der Waals surface area (Å²) in [6, 6.07) is 7.18. The second-order valence-corrected chi connectivity index (χ2v) is 8.30. The molecule has 0 aliphatic heterocycles. The van der Waals surface area contributed by atoms with Gasteiger partial charge in [0, 0.05) is 17.6 Å². The van der Waals surface area contributed by atoms with Crippen molar-refractivity contribution in [2.45, 2.75) is 38.3 Å². The summed E-state index contributed by atoms with van der Waals surface area (Å²) < 4.78 is 11.4. The van der Waals surface area contributed by atoms with E-state index in [9.17, 15) is 14.7 Å². The van der Waals surface area contributed by atoms with Gasteiger partial charge in [-0.1, -0.05) is 6.08 Å². The minimum Gasteiger partial charge on any atom is -0.478 e. The van der Waals surface area contributed by atoms with E-state index in [0.717, 1.165) is 27.1 Å². The standard InChI is InChI=1S/C23H23NO5S/c1-13-8-15(9-14(2)21(13)29-23(3,4)22(26)27)6-7-17(25)19-10-16-12-24-20(30-5)11-18(16)28-19/h6-12H,1-5H3,(H,26,27)/b7-6+. The van der Waals surface area contributed by atoms with E-state index in [-0.39, 0.29) is 11.5 Å². The van der Waals surface area contributed by atoms with Gasteiger partial charge in [0.05, 0.1) is 5.03 Å². The van der Waals surface area contributed by atoms with Crippen LogP contribution in [0.2, 0.25) is 0 Å². The summed E-state index contributed by atoms with van der Waals surface area (Å²) in [6.07, 6.45) is 6.77. The van der Waals surface area contributed by atoms with E-state index in [0.29, 0.717) is 11.3 Å². The number of hydrogen-bond donors (Lipinski definition) is 1. The van der Waals surface area contributed by atoms with Crippen molar-refractivity contribution in [3.8, 4) is 5.75 Å². The van der Waals surface area contributed by atoms with E-state index in [1.54, 1.807) is 18.3 Å². The van der Waals surface area contributed by atoms with E-state index in [2.05, 4.69) is 4.98 Å². The van der Waals surface area contributed by atoms with Gasteiger partial charge in [-0.25, -0.2) is 9.78 Å². The third-order valence-electron chi connectivity index (χ3n) is 4.61. The summed E-state index contributed by atoms with van der Waals surface area (Å²) in [5, 5.41) is 10.9. The van der Waals surface area contributed by atoms with Crippen molar-refractivity contribution >= 4 is 40.6 Å². The van der Waals surface area contributed by atoms with Crippen LogP contribution in [-0.2, 0) is 4.79 Å². The number of pyridine rings is 1. The monoisotopic (exact) mass is 425 g/mol. The molecule has 0 fully saturated rings. The van der Waals surface area contributed by atoms with Crippen LogP contribution < -0.4 is 4.74 Å². The minimum atomic E-state index is -1.34. The number of aliphatic carboxylic acids is 1. The van der Waals surface area contributed by atoms with Crippen molar-refractivity contribution in [3.63, 3.8) is 0 Å². The number of carbonyl (C=O) groups excluding carboxylic acids is 1. The van der Waals surface area contributed by atoms with E-state index >= 15 is 0 Å². The van der Waals surface area contributed by atoms with Crippen LogP contribution in [0.25, 0.3) is 17.0 Å². The number of ketones is 1. The third-order valence-corrected chi connectivity index (χ3v) is 5.25. The van der Waals surface area contributed by atoms with Crippen LogP contribution in [0.1, 0.15) is 41.1 Å². The van der Waals surface area contributed by atoms with Crippen LogP contribution in [-0.4, -0.2) is 33.7 Å². The number of rotatable bonds is 7. The Morgan fingerprint density at radius 3 is 2.43 bits per heavy atom. The Balaban J connectivity index is 1.82. The summed E-state index contributed by atoms with van der Waals surface area (Å²) in [5.41, 5.74) is 1.67. The maximum Gasteiger partial charge on any atom is 0.347 e. The SMILES string of the molecule is CSc1cc2oc(C(=O)/C=C/c3cc(C)c(OC(C)(C)C(=O)O)c(C)c3)cc2cn1. The molecule has 0 bridgehead atoms. The third kappa shape index (κ3) is 4.57. The average molecular weight is 426 g/mol. The highest BCUT2D eigenvalue weighted by Gasteiger charge is 2.30. The predicted molar refractivity (Wildman–Crippen MR) is 117 cm³/mol. The average Bonchev–Trinajstić information content (AvgIpc) is 3.12. The maximum atomic E-state index is 12.5. The normalized spacial score (nSPS) is 11.9. The number of carbonyl (C=O) groups is 2. The molecule has 30 heavy (non-hydrogen) atoms. The number of ether oxygens (including phenoxy) is 1. The van der Waals surface area contributed by atoms with Gasteiger partial charge in [0.25, 0.3) is 0 Å². The summed E-state index contributed by atoms with van der Waals surface area (Å²) in [5.74, 6) is -0.515. The van der Waals surface area contributed by atoms with Gasteiger partial charge in [-0.05, 0) is 74.9 Å². The molecule has 0 spiro atoms. The molecule has 0 aliphatic rings. The first kappa shape index (κ1) is 21.6. The van der Waals surface area contributed by atoms with Gasteiger partial charge in [0.2, 0.25) is 5.78 Å². The molecule has 0 saturated heterocycles. The molecule has 0 amide bonds. The Hall–Kier alpha value is -3.06. The molecule has 3 aromatic rings. The van der Waals surface area contributed by atoms with E-state index in [1.807, 2.05) is 38.3 Å². The smallest absolute Gasteiger partial charge is 0.347 e. The molecule has 0 radical (unpaired) electrons. The number of thioether (sulfide) groups is 1. The number of allylic oxidation sites excluding steroid dienone is 1. The second kappa shape index (κ2) is 8.36. The summed E-state index contributed by atoms with van der Waals surface area (Å²) in [6.45, 7) is 6.70. The van der Waals surface area contributed by atoms with Gasteiger partial charge in [0.15, 0.2) is 11.4 Å². The number of nitrogens with zero attached hydrogens (tertiary/aromatic N) is 1. The lowest BCUT2D eigenvalue weighted by Crippen LogP contribution is -2.38. The van der Waals surface area contributed by atoms with Gasteiger partial charge < -0.3 is 14.3 Å². The molecular formula is C23H23NO5S. The molecule has 6 nitrogen and oxygen atoms in total. The highest BCUT2D eigenvalue weighted by molar-refractivity contribution is 7.98. The van der Waals surface area contributed by atoms with Crippen LogP contribution in [0.3, 0.4) is 0 Å². The predicted octanol–water partition coefficient (Wildman–Crippen LogP) is 5.30. The van der Waals surface area contributed by atoms with Crippen molar-refractivity contribution in [3.05, 3.63) is 59.0 Å². The maximum absolute atomic E-state index is 12.5. The highest BCUT2D eigenvalue weighted by atomic mass is 32.2. The Labute approximate surface area is 178 Å². The van der Waals surface area contributed by atoms with Crippen LogP contribution in [0.4, 0.5) is 0 Å². The molecule has 0 atom stereocenters. The lowest BCUT2D eigenvalue weighted by Gasteiger charge is -2.24. The molecule has 7 heteroatoms. The van der Waals surface area contributed by atoms with Crippen LogP contribution >= 0.6 is 11.8 Å². The molecular weight excluding hydrogens is 402 g/mol. The number of benzene rings is 1. The molecule has 156 valence electrons. The summed E-state index contributed by atoms with van der Waals surface area (Å²) in [7, 11) is 0. The molecule has 0 saturated carbocycles. The number of carboxylic acids is 1. The first-order valence-corrected chi connectivity index (χ1v) is 10.5. The topological polar surface area (TPSA) is 89.6 Å². The number of furan rings is 1. The zero-order chi connectivity index (χ0) is 22.1. The number of hydrogen-bond acceptors (Lipinski definition) is 6.